The largest absolute Gasteiger partial charge is 0.381 e. The summed E-state index contributed by atoms with van der Waals surface area (Å²) in [6.07, 6.45) is 5.85. The van der Waals surface area contributed by atoms with Crippen molar-refractivity contribution in [1.29, 1.82) is 0 Å². The number of rotatable bonds is 3. The van der Waals surface area contributed by atoms with Gasteiger partial charge in [0.15, 0.2) is 5.82 Å². The van der Waals surface area contributed by atoms with Gasteiger partial charge in [0, 0.05) is 64.2 Å². The van der Waals surface area contributed by atoms with Gasteiger partial charge >= 0.3 is 0 Å². The topological polar surface area (TPSA) is 41.6 Å². The summed E-state index contributed by atoms with van der Waals surface area (Å²) in [5, 5.41) is 3.50. The molecular weight excluding hydrogens is 369 g/mol. The van der Waals surface area contributed by atoms with Crippen molar-refractivity contribution in [2.75, 3.05) is 44.3 Å². The van der Waals surface area contributed by atoms with Crippen LogP contribution in [0.2, 0.25) is 0 Å². The first-order chi connectivity index (χ1) is 14.1. The number of hydrogen-bond donors (Lipinski definition) is 1. The van der Waals surface area contributed by atoms with Crippen LogP contribution in [-0.2, 0) is 9.53 Å². The molecule has 4 aliphatic rings. The highest BCUT2D eigenvalue weighted by molar-refractivity contribution is 6.00. The summed E-state index contributed by atoms with van der Waals surface area (Å²) in [4.78, 5) is 14.9. The van der Waals surface area contributed by atoms with Crippen LogP contribution in [0.15, 0.2) is 18.2 Å². The molecule has 158 valence electrons. The number of benzene rings is 1. The molecule has 0 bridgehead atoms. The van der Waals surface area contributed by atoms with Crippen molar-refractivity contribution >= 4 is 17.3 Å². The summed E-state index contributed by atoms with van der Waals surface area (Å²) >= 11 is 0. The van der Waals surface area contributed by atoms with Gasteiger partial charge in [-0.05, 0) is 32.3 Å². The molecule has 0 radical (unpaired) electrons. The van der Waals surface area contributed by atoms with Gasteiger partial charge in [-0.15, -0.1) is 0 Å². The molecule has 4 fully saturated rings. The van der Waals surface area contributed by atoms with E-state index in [1.807, 2.05) is 6.07 Å². The Balaban J connectivity index is 1.45. The fourth-order valence-corrected chi connectivity index (χ4v) is 6.52. The van der Waals surface area contributed by atoms with Crippen molar-refractivity contribution < 1.29 is 13.9 Å². The summed E-state index contributed by atoms with van der Waals surface area (Å²) in [6, 6.07) is 6.72. The molecule has 1 aromatic rings. The van der Waals surface area contributed by atoms with E-state index in [0.29, 0.717) is 37.5 Å². The number of quaternary nitrogens is 1. The highest BCUT2D eigenvalue weighted by atomic mass is 19.1. The maximum Gasteiger partial charge on any atom is 0.233 e. The molecule has 0 aliphatic carbocycles. The number of nitrogens with zero attached hydrogens (tertiary/aromatic N) is 2. The lowest BCUT2D eigenvalue weighted by Gasteiger charge is -2.43. The Labute approximate surface area is 172 Å². The Kier molecular flexibility index (Phi) is 4.92. The van der Waals surface area contributed by atoms with Crippen LogP contribution >= 0.6 is 0 Å². The molecule has 5 nitrogen and oxygen atoms in total. The predicted octanol–water partition coefficient (Wildman–Crippen LogP) is 3.21. The zero-order valence-corrected chi connectivity index (χ0v) is 17.5. The Morgan fingerprint density at radius 2 is 2.07 bits per heavy atom. The van der Waals surface area contributed by atoms with Crippen molar-refractivity contribution in [2.24, 2.45) is 5.41 Å². The van der Waals surface area contributed by atoms with Gasteiger partial charge in [0.1, 0.15) is 11.7 Å². The van der Waals surface area contributed by atoms with Crippen LogP contribution in [0.3, 0.4) is 0 Å². The van der Waals surface area contributed by atoms with Crippen molar-refractivity contribution in [3.05, 3.63) is 24.0 Å². The molecule has 29 heavy (non-hydrogen) atoms. The van der Waals surface area contributed by atoms with E-state index in [-0.39, 0.29) is 17.1 Å². The van der Waals surface area contributed by atoms with E-state index in [1.54, 1.807) is 11.0 Å². The third-order valence-electron chi connectivity index (χ3n) is 8.29. The van der Waals surface area contributed by atoms with Crippen LogP contribution in [0.1, 0.15) is 45.4 Å². The van der Waals surface area contributed by atoms with Crippen molar-refractivity contribution in [3.8, 4) is 0 Å². The Morgan fingerprint density at radius 3 is 2.72 bits per heavy atom. The molecule has 1 N–H and O–H groups in total. The second-order valence-corrected chi connectivity index (χ2v) is 9.53. The van der Waals surface area contributed by atoms with Gasteiger partial charge in [-0.25, -0.2) is 4.39 Å². The normalized spacial score (nSPS) is 34.4. The van der Waals surface area contributed by atoms with Gasteiger partial charge in [-0.1, -0.05) is 0 Å². The number of halogens is 1. The Bertz CT molecular complexity index is 788. The summed E-state index contributed by atoms with van der Waals surface area (Å²) in [5.41, 5.74) is 1.20. The Morgan fingerprint density at radius 1 is 1.24 bits per heavy atom. The number of nitrogens with one attached hydrogen (secondary N) is 1. The minimum Gasteiger partial charge on any atom is -0.381 e. The summed E-state index contributed by atoms with van der Waals surface area (Å²) < 4.78 is 21.8. The molecule has 0 saturated carbocycles. The molecule has 4 saturated heterocycles. The highest BCUT2D eigenvalue weighted by Crippen LogP contribution is 2.45. The Hall–Kier alpha value is -1.50. The lowest BCUT2D eigenvalue weighted by atomic mass is 9.79. The first kappa shape index (κ1) is 19.5. The lowest BCUT2D eigenvalue weighted by Crippen LogP contribution is -2.59. The van der Waals surface area contributed by atoms with E-state index in [0.717, 1.165) is 55.5 Å². The maximum absolute atomic E-state index is 15.4. The molecule has 1 aromatic carbocycles. The van der Waals surface area contributed by atoms with Crippen LogP contribution in [0, 0.1) is 11.2 Å². The predicted molar refractivity (Wildman–Crippen MR) is 112 cm³/mol. The average molecular weight is 403 g/mol. The highest BCUT2D eigenvalue weighted by Gasteiger charge is 2.50. The van der Waals surface area contributed by atoms with Gasteiger partial charge in [-0.3, -0.25) is 9.28 Å². The van der Waals surface area contributed by atoms with E-state index in [1.165, 1.54) is 12.8 Å². The quantitative estimate of drug-likeness (QED) is 0.790. The molecule has 4 aliphatic heterocycles. The van der Waals surface area contributed by atoms with Crippen LogP contribution in [0.4, 0.5) is 15.8 Å². The van der Waals surface area contributed by atoms with E-state index >= 15 is 4.39 Å². The fourth-order valence-electron chi connectivity index (χ4n) is 6.52. The van der Waals surface area contributed by atoms with Crippen LogP contribution in [0.25, 0.3) is 0 Å². The molecule has 5 rings (SSSR count). The standard InChI is InChI=1S/C23H33FN3O2/c1-17-3-2-12-27(17,19-6-10-25-16-19)18-4-5-21(20(24)15-18)26-11-7-23(22(26)28)8-13-29-14-9-23/h4-5,15,17,19,25H,2-3,6-14,16H2,1H3/q+1/t17-,19-,27?/m0/s1. The monoisotopic (exact) mass is 402 g/mol. The maximum atomic E-state index is 15.4. The lowest BCUT2D eigenvalue weighted by molar-refractivity contribution is -0.130. The van der Waals surface area contributed by atoms with E-state index in [4.69, 9.17) is 4.74 Å². The molecule has 4 heterocycles. The number of carbonyl (C=O) groups is 1. The second kappa shape index (κ2) is 7.33. The third-order valence-corrected chi connectivity index (χ3v) is 8.29. The zero-order chi connectivity index (χ0) is 20.1. The molecule has 3 atom stereocenters. The van der Waals surface area contributed by atoms with Gasteiger partial charge in [0.25, 0.3) is 0 Å². The number of hydrogen-bond acceptors (Lipinski definition) is 3. The molecule has 1 spiro atoms. The molecule has 1 amide bonds. The van der Waals surface area contributed by atoms with Crippen molar-refractivity contribution in [2.45, 2.75) is 57.5 Å². The molecule has 0 aromatic heterocycles. The number of carbonyl (C=O) groups excluding carboxylic acids is 1. The average Bonchev–Trinajstić information content (AvgIpc) is 3.45. The van der Waals surface area contributed by atoms with Crippen LogP contribution in [-0.4, -0.2) is 57.4 Å². The molecule has 1 unspecified atom stereocenters. The zero-order valence-electron chi connectivity index (χ0n) is 17.5. The van der Waals surface area contributed by atoms with Gasteiger partial charge in [-0.2, -0.15) is 0 Å². The number of anilines is 1. The fraction of sp³-hybridized carbons (Fsp3) is 0.696. The number of ether oxygens (including phenoxy) is 1. The van der Waals surface area contributed by atoms with Gasteiger partial charge in [0.2, 0.25) is 5.91 Å². The van der Waals surface area contributed by atoms with Gasteiger partial charge in [0.05, 0.1) is 23.7 Å². The molecular formula is C23H33FN3O2+. The number of likely N-dealkylation sites (tertiary alicyclic amines) is 1. The third kappa shape index (κ3) is 2.94. The summed E-state index contributed by atoms with van der Waals surface area (Å²) in [7, 11) is 0. The first-order valence-corrected chi connectivity index (χ1v) is 11.3. The SMILES string of the molecule is C[C@H]1CCC[N+]1(c1ccc(N2CCC3(CCOCC3)C2=O)c(F)c1)[C@H]1CCNC1. The number of amides is 1. The van der Waals surface area contributed by atoms with Crippen molar-refractivity contribution in [1.82, 2.24) is 9.80 Å². The molecule has 6 heteroatoms. The minimum absolute atomic E-state index is 0.0888. The van der Waals surface area contributed by atoms with Crippen molar-refractivity contribution in [3.63, 3.8) is 0 Å². The second-order valence-electron chi connectivity index (χ2n) is 9.53. The van der Waals surface area contributed by atoms with E-state index < -0.39 is 0 Å². The van der Waals surface area contributed by atoms with Crippen LogP contribution in [0.5, 0.6) is 0 Å². The smallest absolute Gasteiger partial charge is 0.233 e. The first-order valence-electron chi connectivity index (χ1n) is 11.3. The van der Waals surface area contributed by atoms with E-state index in [2.05, 4.69) is 18.3 Å². The van der Waals surface area contributed by atoms with Gasteiger partial charge < -0.3 is 15.0 Å². The summed E-state index contributed by atoms with van der Waals surface area (Å²) in [5.74, 6) is -0.159. The van der Waals surface area contributed by atoms with E-state index in [9.17, 15) is 4.79 Å². The minimum atomic E-state index is -0.337. The summed E-state index contributed by atoms with van der Waals surface area (Å²) in [6.45, 7) is 7.32. The van der Waals surface area contributed by atoms with Crippen LogP contribution < -0.4 is 14.7 Å².